The Hall–Kier alpha value is -0.950. The van der Waals surface area contributed by atoms with Crippen molar-refractivity contribution in [3.05, 3.63) is 12.7 Å². The topological polar surface area (TPSA) is 88.0 Å². The van der Waals surface area contributed by atoms with Crippen LogP contribution in [0.5, 0.6) is 0 Å². The number of aliphatic hydroxyl groups excluding tert-OH is 1. The van der Waals surface area contributed by atoms with Gasteiger partial charge in [0, 0.05) is 13.2 Å². The van der Waals surface area contributed by atoms with Crippen LogP contribution >= 0.6 is 0 Å². The van der Waals surface area contributed by atoms with E-state index in [1.54, 1.807) is 0 Å². The van der Waals surface area contributed by atoms with Crippen LogP contribution < -0.4 is 5.32 Å². The van der Waals surface area contributed by atoms with Gasteiger partial charge in [0.2, 0.25) is 6.41 Å². The SMILES string of the molecule is C=CCC(C)(C)CCOC(O)NC(C(=O)O)C1CCOCC1. The molecule has 1 aliphatic heterocycles. The molecule has 1 aliphatic rings. The van der Waals surface area contributed by atoms with Gasteiger partial charge in [-0.15, -0.1) is 6.58 Å². The van der Waals surface area contributed by atoms with Crippen molar-refractivity contribution in [2.45, 2.75) is 52.0 Å². The Kier molecular flexibility index (Phi) is 8.03. The van der Waals surface area contributed by atoms with Crippen molar-refractivity contribution >= 4 is 5.97 Å². The van der Waals surface area contributed by atoms with Crippen LogP contribution in [-0.2, 0) is 14.3 Å². The summed E-state index contributed by atoms with van der Waals surface area (Å²) >= 11 is 0. The smallest absolute Gasteiger partial charge is 0.321 e. The fourth-order valence-electron chi connectivity index (χ4n) is 2.60. The highest BCUT2D eigenvalue weighted by Crippen LogP contribution is 2.25. The van der Waals surface area contributed by atoms with Crippen molar-refractivity contribution in [2.24, 2.45) is 11.3 Å². The number of carboxylic acid groups (broad SMARTS) is 1. The Bertz CT molecular complexity index is 352. The van der Waals surface area contributed by atoms with E-state index in [4.69, 9.17) is 9.47 Å². The van der Waals surface area contributed by atoms with Gasteiger partial charge in [-0.1, -0.05) is 19.9 Å². The summed E-state index contributed by atoms with van der Waals surface area (Å²) in [4.78, 5) is 11.4. The number of carboxylic acids is 1. The average Bonchev–Trinajstić information content (AvgIpc) is 2.45. The van der Waals surface area contributed by atoms with Crippen LogP contribution in [0.2, 0.25) is 0 Å². The van der Waals surface area contributed by atoms with Gasteiger partial charge in [0.15, 0.2) is 0 Å². The van der Waals surface area contributed by atoms with E-state index in [0.717, 1.165) is 12.8 Å². The lowest BCUT2D eigenvalue weighted by molar-refractivity contribution is -0.158. The fraction of sp³-hybridized carbons (Fsp3) is 0.812. The first-order valence-corrected chi connectivity index (χ1v) is 7.83. The highest BCUT2D eigenvalue weighted by molar-refractivity contribution is 5.73. The quantitative estimate of drug-likeness (QED) is 0.420. The van der Waals surface area contributed by atoms with Gasteiger partial charge < -0.3 is 19.7 Å². The van der Waals surface area contributed by atoms with Crippen LogP contribution in [0.3, 0.4) is 0 Å². The second-order valence-corrected chi connectivity index (χ2v) is 6.56. The lowest BCUT2D eigenvalue weighted by Gasteiger charge is -2.30. The molecule has 3 N–H and O–H groups in total. The normalized spacial score (nSPS) is 19.6. The fourth-order valence-corrected chi connectivity index (χ4v) is 2.60. The van der Waals surface area contributed by atoms with Crippen molar-refractivity contribution in [1.82, 2.24) is 5.32 Å². The molecule has 1 saturated heterocycles. The number of ether oxygens (including phenoxy) is 2. The maximum atomic E-state index is 11.4. The van der Waals surface area contributed by atoms with Gasteiger partial charge in [0.1, 0.15) is 6.04 Å². The van der Waals surface area contributed by atoms with E-state index in [-0.39, 0.29) is 11.3 Å². The summed E-state index contributed by atoms with van der Waals surface area (Å²) in [5.74, 6) is -1.02. The molecule has 0 amide bonds. The summed E-state index contributed by atoms with van der Waals surface area (Å²) in [5.41, 5.74) is 0.0500. The molecule has 0 aliphatic carbocycles. The largest absolute Gasteiger partial charge is 0.480 e. The van der Waals surface area contributed by atoms with Gasteiger partial charge in [-0.3, -0.25) is 10.1 Å². The Balaban J connectivity index is 2.38. The number of aliphatic hydroxyl groups is 1. The first-order chi connectivity index (χ1) is 10.4. The van der Waals surface area contributed by atoms with E-state index in [2.05, 4.69) is 25.7 Å². The second-order valence-electron chi connectivity index (χ2n) is 6.56. The Morgan fingerprint density at radius 2 is 2.14 bits per heavy atom. The van der Waals surface area contributed by atoms with E-state index in [9.17, 15) is 15.0 Å². The van der Waals surface area contributed by atoms with Crippen LogP contribution in [0.1, 0.15) is 39.5 Å². The maximum Gasteiger partial charge on any atom is 0.321 e. The zero-order valence-electron chi connectivity index (χ0n) is 13.6. The summed E-state index contributed by atoms with van der Waals surface area (Å²) in [6, 6.07) is -0.819. The minimum atomic E-state index is -1.27. The van der Waals surface area contributed by atoms with E-state index in [0.29, 0.717) is 32.7 Å². The first kappa shape index (κ1) is 19.1. The summed E-state index contributed by atoms with van der Waals surface area (Å²) in [7, 11) is 0. The van der Waals surface area contributed by atoms with E-state index >= 15 is 0 Å². The second kappa shape index (κ2) is 9.25. The molecule has 0 aromatic carbocycles. The van der Waals surface area contributed by atoms with Gasteiger partial charge in [0.05, 0.1) is 6.61 Å². The Morgan fingerprint density at radius 3 is 2.68 bits per heavy atom. The van der Waals surface area contributed by atoms with Crippen molar-refractivity contribution in [3.63, 3.8) is 0 Å². The molecule has 0 saturated carbocycles. The standard InChI is InChI=1S/C16H29NO5/c1-4-7-16(2,3)8-11-22-15(20)17-13(14(18)19)12-5-9-21-10-6-12/h4,12-13,15,17,20H,1,5-11H2,2-3H3,(H,18,19). The number of rotatable bonds is 10. The number of allylic oxidation sites excluding steroid dienone is 1. The van der Waals surface area contributed by atoms with Crippen LogP contribution in [0.4, 0.5) is 0 Å². The van der Waals surface area contributed by atoms with Gasteiger partial charge in [-0.2, -0.15) is 0 Å². The molecule has 0 aromatic rings. The molecule has 2 atom stereocenters. The third kappa shape index (κ3) is 6.87. The lowest BCUT2D eigenvalue weighted by atomic mass is 9.86. The van der Waals surface area contributed by atoms with Crippen LogP contribution in [0.15, 0.2) is 12.7 Å². The molecular weight excluding hydrogens is 286 g/mol. The number of hydrogen-bond acceptors (Lipinski definition) is 5. The molecular formula is C16H29NO5. The van der Waals surface area contributed by atoms with E-state index < -0.39 is 18.4 Å². The Labute approximate surface area is 132 Å². The average molecular weight is 315 g/mol. The molecule has 1 rings (SSSR count). The minimum absolute atomic E-state index is 0.0500. The predicted octanol–water partition coefficient (Wildman–Crippen LogP) is 1.74. The minimum Gasteiger partial charge on any atom is -0.480 e. The molecule has 1 fully saturated rings. The molecule has 0 bridgehead atoms. The third-order valence-corrected chi connectivity index (χ3v) is 4.08. The van der Waals surface area contributed by atoms with Crippen molar-refractivity contribution < 1.29 is 24.5 Å². The molecule has 128 valence electrons. The summed E-state index contributed by atoms with van der Waals surface area (Å²) < 4.78 is 10.5. The van der Waals surface area contributed by atoms with Crippen LogP contribution in [0.25, 0.3) is 0 Å². The Morgan fingerprint density at radius 1 is 1.50 bits per heavy atom. The molecule has 0 radical (unpaired) electrons. The zero-order valence-corrected chi connectivity index (χ0v) is 13.6. The maximum absolute atomic E-state index is 11.4. The van der Waals surface area contributed by atoms with Gasteiger partial charge >= 0.3 is 5.97 Å². The summed E-state index contributed by atoms with van der Waals surface area (Å²) in [5, 5.41) is 21.9. The molecule has 22 heavy (non-hydrogen) atoms. The van der Waals surface area contributed by atoms with E-state index in [1.807, 2.05) is 6.08 Å². The van der Waals surface area contributed by atoms with Gasteiger partial charge in [-0.05, 0) is 37.0 Å². The number of hydrogen-bond donors (Lipinski definition) is 3. The molecule has 6 nitrogen and oxygen atoms in total. The molecule has 2 unspecified atom stereocenters. The van der Waals surface area contributed by atoms with Gasteiger partial charge in [0.25, 0.3) is 0 Å². The number of carbonyl (C=O) groups is 1. The monoisotopic (exact) mass is 315 g/mol. The molecule has 6 heteroatoms. The number of nitrogens with one attached hydrogen (secondary N) is 1. The van der Waals surface area contributed by atoms with Crippen LogP contribution in [0, 0.1) is 11.3 Å². The molecule has 0 spiro atoms. The van der Waals surface area contributed by atoms with Crippen molar-refractivity contribution in [1.29, 1.82) is 0 Å². The predicted molar refractivity (Wildman–Crippen MR) is 83.3 cm³/mol. The van der Waals surface area contributed by atoms with Gasteiger partial charge in [-0.25, -0.2) is 0 Å². The van der Waals surface area contributed by atoms with Crippen LogP contribution in [-0.4, -0.2) is 48.5 Å². The lowest BCUT2D eigenvalue weighted by Crippen LogP contribution is -2.50. The zero-order chi connectivity index (χ0) is 16.6. The third-order valence-electron chi connectivity index (χ3n) is 4.08. The van der Waals surface area contributed by atoms with Crippen molar-refractivity contribution in [3.8, 4) is 0 Å². The van der Waals surface area contributed by atoms with Crippen molar-refractivity contribution in [2.75, 3.05) is 19.8 Å². The molecule has 0 aromatic heterocycles. The first-order valence-electron chi connectivity index (χ1n) is 7.83. The summed E-state index contributed by atoms with van der Waals surface area (Å²) in [6.07, 6.45) is 3.54. The molecule has 1 heterocycles. The summed E-state index contributed by atoms with van der Waals surface area (Å²) in [6.45, 7) is 9.39. The highest BCUT2D eigenvalue weighted by Gasteiger charge is 2.31. The van der Waals surface area contributed by atoms with E-state index in [1.165, 1.54) is 0 Å². The number of aliphatic carboxylic acids is 1. The highest BCUT2D eigenvalue weighted by atomic mass is 16.6.